The first-order valence-electron chi connectivity index (χ1n) is 5.92. The molecule has 2 rings (SSSR count). The summed E-state index contributed by atoms with van der Waals surface area (Å²) in [5, 5.41) is 3.37. The molecule has 0 atom stereocenters. The highest BCUT2D eigenvalue weighted by Crippen LogP contribution is 2.24. The van der Waals surface area contributed by atoms with E-state index >= 15 is 0 Å². The maximum Gasteiger partial charge on any atom is 0.141 e. The minimum atomic E-state index is 0.733. The van der Waals surface area contributed by atoms with E-state index in [0.29, 0.717) is 0 Å². The molecule has 0 aliphatic heterocycles. The standard InChI is InChI=1S/C15H18N2O/c1-11-7-8-13(16)9-12(11)10-17-14-5-3-4-6-15(14)18-2/h3-9,17H,10,16H2,1-2H3. The Labute approximate surface area is 108 Å². The van der Waals surface area contributed by atoms with Gasteiger partial charge in [-0.3, -0.25) is 0 Å². The molecule has 0 unspecified atom stereocenters. The van der Waals surface area contributed by atoms with Gasteiger partial charge in [0.1, 0.15) is 5.75 Å². The number of nitrogen functional groups attached to an aromatic ring is 1. The molecule has 0 radical (unpaired) electrons. The number of aryl methyl sites for hydroxylation is 1. The molecule has 0 spiro atoms. The normalized spacial score (nSPS) is 10.1. The molecule has 0 heterocycles. The van der Waals surface area contributed by atoms with Crippen LogP contribution in [0.1, 0.15) is 11.1 Å². The lowest BCUT2D eigenvalue weighted by atomic mass is 10.1. The van der Waals surface area contributed by atoms with Crippen LogP contribution in [0.15, 0.2) is 42.5 Å². The Bertz CT molecular complexity index is 538. The van der Waals surface area contributed by atoms with Crippen LogP contribution in [0.2, 0.25) is 0 Å². The lowest BCUT2D eigenvalue weighted by molar-refractivity contribution is 0.416. The average Bonchev–Trinajstić information content (AvgIpc) is 2.40. The molecule has 94 valence electrons. The molecule has 3 N–H and O–H groups in total. The van der Waals surface area contributed by atoms with Crippen molar-refractivity contribution in [3.05, 3.63) is 53.6 Å². The summed E-state index contributed by atoms with van der Waals surface area (Å²) in [5.41, 5.74) is 10.0. The second kappa shape index (κ2) is 5.45. The predicted octanol–water partition coefficient (Wildman–Crippen LogP) is 3.20. The third-order valence-corrected chi connectivity index (χ3v) is 2.95. The summed E-state index contributed by atoms with van der Waals surface area (Å²) < 4.78 is 5.30. The number of nitrogens with two attached hydrogens (primary N) is 1. The molecule has 0 bridgehead atoms. The molecule has 0 saturated heterocycles. The van der Waals surface area contributed by atoms with Crippen molar-refractivity contribution < 1.29 is 4.74 Å². The van der Waals surface area contributed by atoms with E-state index < -0.39 is 0 Å². The summed E-state index contributed by atoms with van der Waals surface area (Å²) in [6, 6.07) is 13.8. The van der Waals surface area contributed by atoms with E-state index in [1.165, 1.54) is 11.1 Å². The first-order chi connectivity index (χ1) is 8.70. The SMILES string of the molecule is COc1ccccc1NCc1cc(N)ccc1C. The molecule has 2 aromatic rings. The molecule has 18 heavy (non-hydrogen) atoms. The molecule has 0 aromatic heterocycles. The molecule has 3 nitrogen and oxygen atoms in total. The van der Waals surface area contributed by atoms with Gasteiger partial charge in [0.05, 0.1) is 12.8 Å². The van der Waals surface area contributed by atoms with Crippen molar-refractivity contribution in [2.45, 2.75) is 13.5 Å². The second-order valence-electron chi connectivity index (χ2n) is 4.24. The van der Waals surface area contributed by atoms with Crippen molar-refractivity contribution in [3.63, 3.8) is 0 Å². The van der Waals surface area contributed by atoms with Gasteiger partial charge >= 0.3 is 0 Å². The fourth-order valence-corrected chi connectivity index (χ4v) is 1.86. The van der Waals surface area contributed by atoms with Gasteiger partial charge in [-0.05, 0) is 42.3 Å². The van der Waals surface area contributed by atoms with Crippen LogP contribution in [0.3, 0.4) is 0 Å². The van der Waals surface area contributed by atoms with Crippen molar-refractivity contribution in [2.75, 3.05) is 18.2 Å². The molecule has 0 aliphatic rings. The van der Waals surface area contributed by atoms with Gasteiger partial charge < -0.3 is 15.8 Å². The van der Waals surface area contributed by atoms with E-state index in [0.717, 1.165) is 23.7 Å². The summed E-state index contributed by atoms with van der Waals surface area (Å²) in [7, 11) is 1.67. The molecular formula is C15H18N2O. The van der Waals surface area contributed by atoms with Gasteiger partial charge in [0.15, 0.2) is 0 Å². The third-order valence-electron chi connectivity index (χ3n) is 2.95. The monoisotopic (exact) mass is 242 g/mol. The average molecular weight is 242 g/mol. The van der Waals surface area contributed by atoms with E-state index in [1.54, 1.807) is 7.11 Å². The van der Waals surface area contributed by atoms with Gasteiger partial charge in [0.25, 0.3) is 0 Å². The van der Waals surface area contributed by atoms with Gasteiger partial charge in [-0.2, -0.15) is 0 Å². The van der Waals surface area contributed by atoms with Crippen molar-refractivity contribution >= 4 is 11.4 Å². The van der Waals surface area contributed by atoms with Crippen LogP contribution in [0.25, 0.3) is 0 Å². The Balaban J connectivity index is 2.14. The third kappa shape index (κ3) is 2.74. The number of anilines is 2. The van der Waals surface area contributed by atoms with E-state index in [2.05, 4.69) is 12.2 Å². The van der Waals surface area contributed by atoms with Gasteiger partial charge in [-0.25, -0.2) is 0 Å². The minimum absolute atomic E-state index is 0.733. The highest BCUT2D eigenvalue weighted by Gasteiger charge is 2.03. The zero-order valence-corrected chi connectivity index (χ0v) is 10.7. The van der Waals surface area contributed by atoms with Gasteiger partial charge in [0, 0.05) is 12.2 Å². The lowest BCUT2D eigenvalue weighted by Crippen LogP contribution is -2.03. The number of hydrogen-bond acceptors (Lipinski definition) is 3. The van der Waals surface area contributed by atoms with Crippen LogP contribution in [-0.4, -0.2) is 7.11 Å². The van der Waals surface area contributed by atoms with Crippen LogP contribution < -0.4 is 15.8 Å². The van der Waals surface area contributed by atoms with E-state index in [9.17, 15) is 0 Å². The smallest absolute Gasteiger partial charge is 0.141 e. The van der Waals surface area contributed by atoms with E-state index in [4.69, 9.17) is 10.5 Å². The summed E-state index contributed by atoms with van der Waals surface area (Å²) in [5.74, 6) is 0.846. The minimum Gasteiger partial charge on any atom is -0.495 e. The number of hydrogen-bond donors (Lipinski definition) is 2. The van der Waals surface area contributed by atoms with Crippen LogP contribution in [0, 0.1) is 6.92 Å². The number of ether oxygens (including phenoxy) is 1. The van der Waals surface area contributed by atoms with Crippen molar-refractivity contribution in [2.24, 2.45) is 0 Å². The first-order valence-corrected chi connectivity index (χ1v) is 5.92. The van der Waals surface area contributed by atoms with Gasteiger partial charge in [0.2, 0.25) is 0 Å². The Kier molecular flexibility index (Phi) is 3.72. The van der Waals surface area contributed by atoms with Gasteiger partial charge in [-0.15, -0.1) is 0 Å². The zero-order chi connectivity index (χ0) is 13.0. The number of rotatable bonds is 4. The quantitative estimate of drug-likeness (QED) is 0.809. The topological polar surface area (TPSA) is 47.3 Å². The summed E-state index contributed by atoms with van der Waals surface area (Å²) in [4.78, 5) is 0. The lowest BCUT2D eigenvalue weighted by Gasteiger charge is -2.12. The summed E-state index contributed by atoms with van der Waals surface area (Å²) in [6.45, 7) is 2.82. The zero-order valence-electron chi connectivity index (χ0n) is 10.7. The number of benzene rings is 2. The fraction of sp³-hybridized carbons (Fsp3) is 0.200. The Morgan fingerprint density at radius 3 is 2.72 bits per heavy atom. The van der Waals surface area contributed by atoms with Crippen molar-refractivity contribution in [1.82, 2.24) is 0 Å². The van der Waals surface area contributed by atoms with Crippen LogP contribution in [-0.2, 0) is 6.54 Å². The molecule has 0 saturated carbocycles. The molecule has 0 fully saturated rings. The fourth-order valence-electron chi connectivity index (χ4n) is 1.86. The number of para-hydroxylation sites is 2. The van der Waals surface area contributed by atoms with Crippen LogP contribution >= 0.6 is 0 Å². The highest BCUT2D eigenvalue weighted by molar-refractivity contribution is 5.57. The summed E-state index contributed by atoms with van der Waals surface area (Å²) >= 11 is 0. The van der Waals surface area contributed by atoms with Crippen molar-refractivity contribution in [1.29, 1.82) is 0 Å². The number of methoxy groups -OCH3 is 1. The van der Waals surface area contributed by atoms with Crippen LogP contribution in [0.4, 0.5) is 11.4 Å². The van der Waals surface area contributed by atoms with E-state index in [-0.39, 0.29) is 0 Å². The summed E-state index contributed by atoms with van der Waals surface area (Å²) in [6.07, 6.45) is 0. The molecular weight excluding hydrogens is 224 g/mol. The molecule has 0 amide bonds. The Morgan fingerprint density at radius 2 is 1.94 bits per heavy atom. The molecule has 2 aromatic carbocycles. The maximum absolute atomic E-state index is 5.80. The second-order valence-corrected chi connectivity index (χ2v) is 4.24. The van der Waals surface area contributed by atoms with Crippen LogP contribution in [0.5, 0.6) is 5.75 Å². The van der Waals surface area contributed by atoms with E-state index in [1.807, 2.05) is 42.5 Å². The molecule has 0 aliphatic carbocycles. The molecule has 3 heteroatoms. The van der Waals surface area contributed by atoms with Gasteiger partial charge in [-0.1, -0.05) is 18.2 Å². The Hall–Kier alpha value is -2.16. The highest BCUT2D eigenvalue weighted by atomic mass is 16.5. The largest absolute Gasteiger partial charge is 0.495 e. The maximum atomic E-state index is 5.80. The first kappa shape index (κ1) is 12.3. The number of nitrogens with one attached hydrogen (secondary N) is 1. The predicted molar refractivity (Wildman–Crippen MR) is 75.9 cm³/mol. The Morgan fingerprint density at radius 1 is 1.17 bits per heavy atom. The van der Waals surface area contributed by atoms with Crippen molar-refractivity contribution in [3.8, 4) is 5.75 Å².